The van der Waals surface area contributed by atoms with E-state index in [1.165, 1.54) is 33.4 Å². The molecule has 0 aliphatic heterocycles. The topological polar surface area (TPSA) is 63.4 Å². The van der Waals surface area contributed by atoms with E-state index in [0.717, 1.165) is 87.8 Å². The number of allylic oxidation sites excluding steroid dienone is 5. The van der Waals surface area contributed by atoms with E-state index in [9.17, 15) is 0 Å². The predicted octanol–water partition coefficient (Wildman–Crippen LogP) is 14.6. The van der Waals surface area contributed by atoms with Crippen LogP contribution in [0.5, 0.6) is 0 Å². The molecule has 8 aromatic rings. The highest BCUT2D eigenvalue weighted by molar-refractivity contribution is 6.11. The standard InChI is InChI=1S/C61H53N5/c1-42-40-49(57(63-43(2)44-20-10-6-11-21-44)62-41-50-28-18-26-45-22-14-16-31-53(45)50)36-39-56(42)61(3,51-29-12-7-13-30-51)52-37-34-48(35-38-52)59-64-58(47-24-8-4-5-9-25-47)65-60(66-59)55-33-19-27-46-23-15-17-32-54(46)55/h6-8,10-13,15-21,23-40H,4-5,9,14,22,41H2,1-3H3/b62-57-,63-43+. The van der Waals surface area contributed by atoms with Crippen molar-refractivity contribution in [1.29, 1.82) is 0 Å². The minimum absolute atomic E-state index is 0.493. The fraction of sp³-hybridized carbons (Fsp3) is 0.164. The van der Waals surface area contributed by atoms with Crippen LogP contribution in [0.2, 0.25) is 0 Å². The monoisotopic (exact) mass is 855 g/mol. The second-order valence-corrected chi connectivity index (χ2v) is 17.6. The Kier molecular flexibility index (Phi) is 12.1. The summed E-state index contributed by atoms with van der Waals surface area (Å²) < 4.78 is 0. The molecule has 0 amide bonds. The summed E-state index contributed by atoms with van der Waals surface area (Å²) in [6.45, 7) is 7.17. The molecule has 1 aromatic heterocycles. The van der Waals surface area contributed by atoms with Gasteiger partial charge in [-0.15, -0.1) is 0 Å². The number of amidine groups is 1. The minimum atomic E-state index is -0.493. The van der Waals surface area contributed by atoms with Crippen LogP contribution < -0.4 is 0 Å². The Morgan fingerprint density at radius 3 is 2.17 bits per heavy atom. The predicted molar refractivity (Wildman–Crippen MR) is 275 cm³/mol. The van der Waals surface area contributed by atoms with Crippen molar-refractivity contribution in [1.82, 2.24) is 15.0 Å². The van der Waals surface area contributed by atoms with Gasteiger partial charge in [-0.3, -0.25) is 4.99 Å². The quantitative estimate of drug-likeness (QED) is 0.0782. The molecule has 0 bridgehead atoms. The molecular formula is C61H53N5. The largest absolute Gasteiger partial charge is 0.261 e. The molecule has 5 heteroatoms. The molecule has 0 saturated carbocycles. The zero-order valence-corrected chi connectivity index (χ0v) is 38.0. The van der Waals surface area contributed by atoms with Gasteiger partial charge in [-0.05, 0) is 114 Å². The molecule has 2 aliphatic rings. The maximum absolute atomic E-state index is 5.28. The SMILES string of the molecule is C/C(=N\C(=N/Cc1cccc2c1C=CCC2)c1ccc(C(C)(c2ccccc2)c2ccc(-c3nc(C4=CCCCC=C4)nc(-c4cccc5ccccc45)n3)cc2)c(C)c1)c1ccccc1. The molecule has 7 aromatic carbocycles. The van der Waals surface area contributed by atoms with Gasteiger partial charge in [-0.2, -0.15) is 0 Å². The average Bonchev–Trinajstić information content (AvgIpc) is 3.68. The Bertz CT molecular complexity index is 3210. The molecule has 1 unspecified atom stereocenters. The molecule has 1 heterocycles. The summed E-state index contributed by atoms with van der Waals surface area (Å²) >= 11 is 0. The molecule has 10 rings (SSSR count). The van der Waals surface area contributed by atoms with Crippen molar-refractivity contribution in [3.63, 3.8) is 0 Å². The van der Waals surface area contributed by atoms with E-state index in [1.54, 1.807) is 0 Å². The van der Waals surface area contributed by atoms with E-state index in [-0.39, 0.29) is 0 Å². The summed E-state index contributed by atoms with van der Waals surface area (Å²) in [4.78, 5) is 26.0. The average molecular weight is 856 g/mol. The second kappa shape index (κ2) is 18.8. The first-order chi connectivity index (χ1) is 32.4. The van der Waals surface area contributed by atoms with Gasteiger partial charge in [0.15, 0.2) is 23.3 Å². The fourth-order valence-corrected chi connectivity index (χ4v) is 9.61. The highest BCUT2D eigenvalue weighted by Crippen LogP contribution is 2.41. The van der Waals surface area contributed by atoms with Crippen LogP contribution in [-0.4, -0.2) is 26.5 Å². The number of fused-ring (bicyclic) bond motifs is 2. The summed E-state index contributed by atoms with van der Waals surface area (Å²) in [6.07, 6.45) is 16.5. The van der Waals surface area contributed by atoms with Gasteiger partial charge in [0, 0.05) is 33.4 Å². The van der Waals surface area contributed by atoms with Crippen molar-refractivity contribution in [2.45, 2.75) is 64.8 Å². The van der Waals surface area contributed by atoms with Gasteiger partial charge in [0.05, 0.1) is 6.54 Å². The maximum Gasteiger partial charge on any atom is 0.164 e. The Morgan fingerprint density at radius 1 is 0.621 bits per heavy atom. The smallest absolute Gasteiger partial charge is 0.164 e. The second-order valence-electron chi connectivity index (χ2n) is 17.6. The van der Waals surface area contributed by atoms with Crippen molar-refractivity contribution in [2.75, 3.05) is 0 Å². The van der Waals surface area contributed by atoms with Crippen LogP contribution >= 0.6 is 0 Å². The Labute approximate surface area is 388 Å². The molecular weight excluding hydrogens is 803 g/mol. The summed E-state index contributed by atoms with van der Waals surface area (Å²) in [5, 5.41) is 2.27. The van der Waals surface area contributed by atoms with E-state index in [0.29, 0.717) is 24.0 Å². The first-order valence-electron chi connectivity index (χ1n) is 23.2. The number of hydrogen-bond acceptors (Lipinski definition) is 4. The van der Waals surface area contributed by atoms with E-state index < -0.39 is 5.41 Å². The Morgan fingerprint density at radius 2 is 1.33 bits per heavy atom. The Balaban J connectivity index is 1.05. The lowest BCUT2D eigenvalue weighted by molar-refractivity contribution is 0.687. The third kappa shape index (κ3) is 8.65. The van der Waals surface area contributed by atoms with Crippen molar-refractivity contribution >= 4 is 34.0 Å². The molecule has 0 spiro atoms. The lowest BCUT2D eigenvalue weighted by Crippen LogP contribution is -2.26. The maximum atomic E-state index is 5.28. The number of aliphatic imine (C=N–C) groups is 2. The zero-order chi connectivity index (χ0) is 44.9. The normalized spacial score (nSPS) is 14.9. The first-order valence-corrected chi connectivity index (χ1v) is 23.2. The highest BCUT2D eigenvalue weighted by Gasteiger charge is 2.33. The summed E-state index contributed by atoms with van der Waals surface area (Å²) in [5.41, 5.74) is 14.1. The van der Waals surface area contributed by atoms with Crippen molar-refractivity contribution in [3.8, 4) is 22.8 Å². The van der Waals surface area contributed by atoms with Gasteiger partial charge in [-0.25, -0.2) is 19.9 Å². The fourth-order valence-electron chi connectivity index (χ4n) is 9.61. The van der Waals surface area contributed by atoms with Crippen LogP contribution in [0.25, 0.3) is 45.2 Å². The van der Waals surface area contributed by atoms with Crippen molar-refractivity contribution in [2.24, 2.45) is 9.98 Å². The number of aryl methyl sites for hydroxylation is 2. The van der Waals surface area contributed by atoms with Crippen LogP contribution in [0.3, 0.4) is 0 Å². The van der Waals surface area contributed by atoms with Gasteiger partial charge in [0.2, 0.25) is 0 Å². The van der Waals surface area contributed by atoms with Gasteiger partial charge in [0.25, 0.3) is 0 Å². The van der Waals surface area contributed by atoms with E-state index in [2.05, 4.69) is 209 Å². The van der Waals surface area contributed by atoms with Gasteiger partial charge in [-0.1, -0.05) is 188 Å². The van der Waals surface area contributed by atoms with E-state index in [1.807, 2.05) is 6.07 Å². The number of hydrogen-bond donors (Lipinski definition) is 0. The van der Waals surface area contributed by atoms with Crippen LogP contribution in [0.15, 0.2) is 198 Å². The van der Waals surface area contributed by atoms with Crippen LogP contribution in [-0.2, 0) is 18.4 Å². The van der Waals surface area contributed by atoms with Crippen LogP contribution in [0.4, 0.5) is 0 Å². The highest BCUT2D eigenvalue weighted by atomic mass is 15.0. The number of aromatic nitrogens is 3. The van der Waals surface area contributed by atoms with Crippen LogP contribution in [0, 0.1) is 6.92 Å². The van der Waals surface area contributed by atoms with Crippen LogP contribution in [0.1, 0.15) is 95.4 Å². The summed E-state index contributed by atoms with van der Waals surface area (Å²) in [5.74, 6) is 2.75. The third-order valence-electron chi connectivity index (χ3n) is 13.3. The number of nitrogens with zero attached hydrogens (tertiary/aromatic N) is 5. The minimum Gasteiger partial charge on any atom is -0.261 e. The molecule has 5 nitrogen and oxygen atoms in total. The third-order valence-corrected chi connectivity index (χ3v) is 13.3. The Hall–Kier alpha value is -7.63. The lowest BCUT2D eigenvalue weighted by Gasteiger charge is -2.33. The zero-order valence-electron chi connectivity index (χ0n) is 38.0. The van der Waals surface area contributed by atoms with Gasteiger partial charge in [0.1, 0.15) is 0 Å². The molecule has 0 N–H and O–H groups in total. The molecule has 66 heavy (non-hydrogen) atoms. The molecule has 1 atom stereocenters. The molecule has 2 aliphatic carbocycles. The molecule has 322 valence electrons. The van der Waals surface area contributed by atoms with E-state index >= 15 is 0 Å². The summed E-state index contributed by atoms with van der Waals surface area (Å²) in [6, 6.07) is 58.2. The molecule has 0 saturated heterocycles. The first kappa shape index (κ1) is 42.3. The van der Waals surface area contributed by atoms with Gasteiger partial charge < -0.3 is 0 Å². The van der Waals surface area contributed by atoms with Crippen molar-refractivity contribution in [3.05, 3.63) is 244 Å². The molecule has 0 radical (unpaired) electrons. The number of rotatable bonds is 10. The van der Waals surface area contributed by atoms with Gasteiger partial charge >= 0.3 is 0 Å². The lowest BCUT2D eigenvalue weighted by atomic mass is 9.69. The van der Waals surface area contributed by atoms with E-state index in [4.69, 9.17) is 24.9 Å². The molecule has 0 fully saturated rings. The summed E-state index contributed by atoms with van der Waals surface area (Å²) in [7, 11) is 0. The van der Waals surface area contributed by atoms with Crippen molar-refractivity contribution < 1.29 is 0 Å². The number of benzene rings is 7.